The topological polar surface area (TPSA) is 64.5 Å². The van der Waals surface area contributed by atoms with Gasteiger partial charge in [-0.2, -0.15) is 0 Å². The maximum absolute atomic E-state index is 11.9. The van der Waals surface area contributed by atoms with E-state index < -0.39 is 6.29 Å². The lowest BCUT2D eigenvalue weighted by atomic mass is 10.2. The number of nitrogens with zero attached hydrogens (tertiary/aromatic N) is 1. The van der Waals surface area contributed by atoms with Gasteiger partial charge < -0.3 is 24.7 Å². The van der Waals surface area contributed by atoms with Crippen LogP contribution in [0.3, 0.4) is 0 Å². The van der Waals surface area contributed by atoms with E-state index in [4.69, 9.17) is 9.47 Å². The number of nitrogens with one attached hydrogen (secondary N) is 2. The van der Waals surface area contributed by atoms with E-state index in [2.05, 4.69) is 22.1 Å². The fourth-order valence-corrected chi connectivity index (χ4v) is 2.21. The van der Waals surface area contributed by atoms with E-state index >= 15 is 0 Å². The standard InChI is InChI=1S/C15H21N3O3/c1-4-18-10-12(11-7-5-6-8-13(11)18)17-15(19)16-9-14(20-2)21-3/h5-8,10,14H,4,9H2,1-3H3,(H2,16,17,19). The van der Waals surface area contributed by atoms with Gasteiger partial charge in [0.15, 0.2) is 6.29 Å². The lowest BCUT2D eigenvalue weighted by Gasteiger charge is -2.14. The maximum atomic E-state index is 11.9. The summed E-state index contributed by atoms with van der Waals surface area (Å²) in [5, 5.41) is 6.60. The molecular formula is C15H21N3O3. The lowest BCUT2D eigenvalue weighted by Crippen LogP contribution is -2.36. The number of aryl methyl sites for hydroxylation is 1. The zero-order valence-electron chi connectivity index (χ0n) is 12.6. The van der Waals surface area contributed by atoms with Gasteiger partial charge in [-0.05, 0) is 13.0 Å². The van der Waals surface area contributed by atoms with Gasteiger partial charge in [-0.3, -0.25) is 0 Å². The minimum Gasteiger partial charge on any atom is -0.354 e. The van der Waals surface area contributed by atoms with Crippen LogP contribution in [0.1, 0.15) is 6.92 Å². The molecule has 0 bridgehead atoms. The van der Waals surface area contributed by atoms with Crippen molar-refractivity contribution in [1.82, 2.24) is 9.88 Å². The summed E-state index contributed by atoms with van der Waals surface area (Å²) in [4.78, 5) is 11.9. The van der Waals surface area contributed by atoms with Crippen LogP contribution in [0.4, 0.5) is 10.5 Å². The van der Waals surface area contributed by atoms with Gasteiger partial charge in [0.1, 0.15) is 0 Å². The van der Waals surface area contributed by atoms with Gasteiger partial charge in [-0.25, -0.2) is 4.79 Å². The first-order valence-electron chi connectivity index (χ1n) is 6.87. The van der Waals surface area contributed by atoms with Gasteiger partial charge in [-0.1, -0.05) is 18.2 Å². The van der Waals surface area contributed by atoms with E-state index in [1.807, 2.05) is 30.5 Å². The van der Waals surface area contributed by atoms with E-state index in [9.17, 15) is 4.79 Å². The molecule has 0 aliphatic rings. The van der Waals surface area contributed by atoms with Crippen molar-refractivity contribution < 1.29 is 14.3 Å². The minimum atomic E-state index is -0.451. The number of para-hydroxylation sites is 1. The Hall–Kier alpha value is -2.05. The molecule has 1 heterocycles. The van der Waals surface area contributed by atoms with Crippen molar-refractivity contribution in [2.24, 2.45) is 0 Å². The molecule has 0 saturated carbocycles. The molecule has 2 rings (SSSR count). The second kappa shape index (κ2) is 7.10. The summed E-state index contributed by atoms with van der Waals surface area (Å²) in [6.45, 7) is 3.20. The van der Waals surface area contributed by atoms with Gasteiger partial charge in [-0.15, -0.1) is 0 Å². The summed E-state index contributed by atoms with van der Waals surface area (Å²) in [5.41, 5.74) is 1.89. The molecule has 0 aliphatic heterocycles. The Morgan fingerprint density at radius 3 is 2.67 bits per heavy atom. The van der Waals surface area contributed by atoms with E-state index in [-0.39, 0.29) is 12.6 Å². The molecule has 1 aromatic heterocycles. The Morgan fingerprint density at radius 2 is 2.00 bits per heavy atom. The molecule has 6 heteroatoms. The minimum absolute atomic E-state index is 0.283. The molecule has 0 atom stereocenters. The smallest absolute Gasteiger partial charge is 0.319 e. The molecule has 2 aromatic rings. The normalized spacial score (nSPS) is 11.0. The van der Waals surface area contributed by atoms with Crippen molar-refractivity contribution >= 4 is 22.6 Å². The largest absolute Gasteiger partial charge is 0.354 e. The quantitative estimate of drug-likeness (QED) is 0.803. The highest BCUT2D eigenvalue weighted by Crippen LogP contribution is 2.25. The Balaban J connectivity index is 2.07. The second-order valence-corrected chi connectivity index (χ2v) is 4.58. The molecule has 2 N–H and O–H groups in total. The summed E-state index contributed by atoms with van der Waals surface area (Å²) in [5.74, 6) is 0. The molecule has 1 aromatic carbocycles. The van der Waals surface area contributed by atoms with E-state index in [0.717, 1.165) is 23.1 Å². The van der Waals surface area contributed by atoms with Crippen LogP contribution in [0.5, 0.6) is 0 Å². The third-order valence-electron chi connectivity index (χ3n) is 3.33. The Kier molecular flexibility index (Phi) is 5.19. The maximum Gasteiger partial charge on any atom is 0.319 e. The molecule has 0 radical (unpaired) electrons. The van der Waals surface area contributed by atoms with Crippen LogP contribution < -0.4 is 10.6 Å². The number of methoxy groups -OCH3 is 2. The summed E-state index contributed by atoms with van der Waals surface area (Å²) in [7, 11) is 3.06. The number of hydrogen-bond acceptors (Lipinski definition) is 3. The van der Waals surface area contributed by atoms with Crippen LogP contribution in [-0.4, -0.2) is 37.7 Å². The summed E-state index contributed by atoms with van der Waals surface area (Å²) in [6.07, 6.45) is 1.49. The molecule has 0 unspecified atom stereocenters. The fraction of sp³-hybridized carbons (Fsp3) is 0.400. The van der Waals surface area contributed by atoms with Gasteiger partial charge in [0.2, 0.25) is 0 Å². The van der Waals surface area contributed by atoms with Crippen LogP contribution in [0.15, 0.2) is 30.5 Å². The number of rotatable bonds is 6. The number of carbonyl (C=O) groups is 1. The van der Waals surface area contributed by atoms with Crippen LogP contribution >= 0.6 is 0 Å². The van der Waals surface area contributed by atoms with Crippen LogP contribution in [0, 0.1) is 0 Å². The molecular weight excluding hydrogens is 270 g/mol. The van der Waals surface area contributed by atoms with Crippen molar-refractivity contribution in [3.63, 3.8) is 0 Å². The lowest BCUT2D eigenvalue weighted by molar-refractivity contribution is -0.0970. The summed E-state index contributed by atoms with van der Waals surface area (Å²) < 4.78 is 12.1. The number of amides is 2. The SMILES string of the molecule is CCn1cc(NC(=O)NCC(OC)OC)c2ccccc21. The number of hydrogen-bond donors (Lipinski definition) is 2. The molecule has 0 aliphatic carbocycles. The zero-order valence-corrected chi connectivity index (χ0v) is 12.6. The Bertz CT molecular complexity index is 605. The van der Waals surface area contributed by atoms with E-state index in [0.29, 0.717) is 0 Å². The van der Waals surface area contributed by atoms with Crippen molar-refractivity contribution in [2.75, 3.05) is 26.1 Å². The van der Waals surface area contributed by atoms with Gasteiger partial charge in [0.25, 0.3) is 0 Å². The molecule has 0 saturated heterocycles. The van der Waals surface area contributed by atoms with E-state index in [1.165, 1.54) is 14.2 Å². The van der Waals surface area contributed by atoms with E-state index in [1.54, 1.807) is 0 Å². The number of ether oxygens (including phenoxy) is 2. The van der Waals surface area contributed by atoms with Crippen molar-refractivity contribution in [1.29, 1.82) is 0 Å². The zero-order chi connectivity index (χ0) is 15.2. The molecule has 0 spiro atoms. The number of urea groups is 1. The molecule has 114 valence electrons. The first kappa shape index (κ1) is 15.3. The molecule has 2 amide bonds. The molecule has 6 nitrogen and oxygen atoms in total. The monoisotopic (exact) mass is 291 g/mol. The average molecular weight is 291 g/mol. The number of anilines is 1. The number of fused-ring (bicyclic) bond motifs is 1. The van der Waals surface area contributed by atoms with Crippen LogP contribution in [0.2, 0.25) is 0 Å². The number of carbonyl (C=O) groups excluding carboxylic acids is 1. The predicted molar refractivity (Wildman–Crippen MR) is 82.4 cm³/mol. The van der Waals surface area contributed by atoms with Gasteiger partial charge >= 0.3 is 6.03 Å². The van der Waals surface area contributed by atoms with Crippen molar-refractivity contribution in [3.8, 4) is 0 Å². The highest BCUT2D eigenvalue weighted by atomic mass is 16.7. The summed E-state index contributed by atoms with van der Waals surface area (Å²) >= 11 is 0. The number of aromatic nitrogens is 1. The molecule has 21 heavy (non-hydrogen) atoms. The molecule has 0 fully saturated rings. The third-order valence-corrected chi connectivity index (χ3v) is 3.33. The van der Waals surface area contributed by atoms with Gasteiger partial charge in [0, 0.05) is 32.3 Å². The average Bonchev–Trinajstić information content (AvgIpc) is 2.86. The Morgan fingerprint density at radius 1 is 1.29 bits per heavy atom. The highest BCUT2D eigenvalue weighted by Gasteiger charge is 2.11. The number of benzene rings is 1. The van der Waals surface area contributed by atoms with Gasteiger partial charge in [0.05, 0.1) is 17.7 Å². The van der Waals surface area contributed by atoms with Crippen molar-refractivity contribution in [3.05, 3.63) is 30.5 Å². The summed E-state index contributed by atoms with van der Waals surface area (Å²) in [6, 6.07) is 7.68. The van der Waals surface area contributed by atoms with Crippen LogP contribution in [-0.2, 0) is 16.0 Å². The predicted octanol–water partition coefficient (Wildman–Crippen LogP) is 2.40. The second-order valence-electron chi connectivity index (χ2n) is 4.58. The third kappa shape index (κ3) is 3.53. The van der Waals surface area contributed by atoms with Crippen molar-refractivity contribution in [2.45, 2.75) is 19.8 Å². The first-order valence-corrected chi connectivity index (χ1v) is 6.87. The Labute approximate surface area is 124 Å². The van der Waals surface area contributed by atoms with Crippen LogP contribution in [0.25, 0.3) is 10.9 Å². The fourth-order valence-electron chi connectivity index (χ4n) is 2.21. The highest BCUT2D eigenvalue weighted by molar-refractivity contribution is 6.01. The first-order chi connectivity index (χ1) is 10.2.